The number of hydrogen-bond acceptors (Lipinski definition) is 4. The van der Waals surface area contributed by atoms with Crippen LogP contribution in [0.3, 0.4) is 0 Å². The van der Waals surface area contributed by atoms with Gasteiger partial charge in [0.25, 0.3) is 0 Å². The third kappa shape index (κ3) is 5.44. The summed E-state index contributed by atoms with van der Waals surface area (Å²) in [7, 11) is 0. The molecule has 0 bridgehead atoms. The van der Waals surface area contributed by atoms with Crippen LogP contribution in [0, 0.1) is 12.8 Å². The van der Waals surface area contributed by atoms with Gasteiger partial charge in [0.05, 0.1) is 17.3 Å². The number of aryl methyl sites for hydroxylation is 1. The van der Waals surface area contributed by atoms with Crippen molar-refractivity contribution in [2.75, 3.05) is 13.1 Å². The van der Waals surface area contributed by atoms with Crippen LogP contribution in [0.5, 0.6) is 0 Å². The lowest BCUT2D eigenvalue weighted by Gasteiger charge is -2.34. The zero-order chi connectivity index (χ0) is 24.0. The molecule has 0 spiro atoms. The lowest BCUT2D eigenvalue weighted by Crippen LogP contribution is -2.42. The van der Waals surface area contributed by atoms with Crippen LogP contribution >= 0.6 is 0 Å². The Hall–Kier alpha value is -2.32. The highest BCUT2D eigenvalue weighted by atomic mass is 19.4. The molecule has 0 N–H and O–H groups in total. The van der Waals surface area contributed by atoms with Gasteiger partial charge in [0.1, 0.15) is 5.60 Å². The van der Waals surface area contributed by atoms with Crippen LogP contribution in [-0.2, 0) is 4.74 Å². The maximum Gasteiger partial charge on any atom is 0.410 e. The molecule has 1 amide bonds. The third-order valence-electron chi connectivity index (χ3n) is 6.70. The quantitative estimate of drug-likeness (QED) is 0.546. The molecular weight excluding hydrogens is 433 g/mol. The molecule has 1 atom stereocenters. The molecule has 9 heteroatoms. The van der Waals surface area contributed by atoms with Gasteiger partial charge < -0.3 is 9.64 Å². The molecule has 0 radical (unpaired) electrons. The molecule has 1 aliphatic carbocycles. The van der Waals surface area contributed by atoms with E-state index in [4.69, 9.17) is 9.84 Å². The number of aromatic nitrogens is 3. The molecule has 2 aliphatic rings. The molecule has 1 unspecified atom stereocenters. The van der Waals surface area contributed by atoms with Crippen molar-refractivity contribution in [2.45, 2.75) is 89.8 Å². The Morgan fingerprint density at radius 1 is 1.06 bits per heavy atom. The molecule has 6 nitrogen and oxygen atoms in total. The highest BCUT2D eigenvalue weighted by Crippen LogP contribution is 2.43. The Balaban J connectivity index is 1.55. The molecule has 182 valence electrons. The number of fused-ring (bicyclic) bond motifs is 1. The first-order valence-corrected chi connectivity index (χ1v) is 11.8. The van der Waals surface area contributed by atoms with E-state index in [1.165, 1.54) is 0 Å². The average molecular weight is 467 g/mol. The van der Waals surface area contributed by atoms with Gasteiger partial charge in [0, 0.05) is 36.7 Å². The molecule has 0 aromatic carbocycles. The Bertz CT molecular complexity index is 1000. The highest BCUT2D eigenvalue weighted by molar-refractivity contribution is 5.68. The molecule has 1 aliphatic heterocycles. The topological polar surface area (TPSA) is 59.7 Å². The fourth-order valence-electron chi connectivity index (χ4n) is 5.06. The van der Waals surface area contributed by atoms with E-state index >= 15 is 0 Å². The average Bonchev–Trinajstić information content (AvgIpc) is 3.15. The van der Waals surface area contributed by atoms with Gasteiger partial charge in [0.2, 0.25) is 0 Å². The molecule has 1 saturated carbocycles. The summed E-state index contributed by atoms with van der Waals surface area (Å²) in [6.07, 6.45) is -1.38. The Morgan fingerprint density at radius 3 is 2.39 bits per heavy atom. The lowest BCUT2D eigenvalue weighted by molar-refractivity contribution is -0.182. The second-order valence-corrected chi connectivity index (χ2v) is 10.5. The molecule has 33 heavy (non-hydrogen) atoms. The molecular formula is C24H33F3N4O2. The molecule has 2 aromatic rings. The molecule has 2 aromatic heterocycles. The summed E-state index contributed by atoms with van der Waals surface area (Å²) in [5.41, 5.74) is 2.83. The fraction of sp³-hybridized carbons (Fsp3) is 0.708. The lowest BCUT2D eigenvalue weighted by atomic mass is 9.80. The van der Waals surface area contributed by atoms with Crippen molar-refractivity contribution in [2.24, 2.45) is 5.92 Å². The van der Waals surface area contributed by atoms with Crippen LogP contribution < -0.4 is 0 Å². The number of amides is 1. The Labute approximate surface area is 192 Å². The Kier molecular flexibility index (Phi) is 6.35. The van der Waals surface area contributed by atoms with Gasteiger partial charge in [-0.2, -0.15) is 18.3 Å². The number of hydrogen-bond donors (Lipinski definition) is 0. The van der Waals surface area contributed by atoms with Gasteiger partial charge in [0.15, 0.2) is 5.65 Å². The first kappa shape index (κ1) is 23.8. The van der Waals surface area contributed by atoms with Gasteiger partial charge in [-0.25, -0.2) is 14.3 Å². The van der Waals surface area contributed by atoms with E-state index in [1.807, 2.05) is 44.3 Å². The van der Waals surface area contributed by atoms with E-state index in [2.05, 4.69) is 4.98 Å². The van der Waals surface area contributed by atoms with Crippen molar-refractivity contribution < 1.29 is 22.7 Å². The molecule has 2 fully saturated rings. The number of alkyl halides is 3. The minimum atomic E-state index is -4.11. The second-order valence-electron chi connectivity index (χ2n) is 10.5. The van der Waals surface area contributed by atoms with Crippen molar-refractivity contribution in [3.05, 3.63) is 29.2 Å². The van der Waals surface area contributed by atoms with Gasteiger partial charge in [-0.3, -0.25) is 0 Å². The summed E-state index contributed by atoms with van der Waals surface area (Å²) in [6.45, 7) is 8.70. The van der Waals surface area contributed by atoms with Crippen LogP contribution in [0.15, 0.2) is 12.1 Å². The van der Waals surface area contributed by atoms with Crippen LogP contribution in [0.2, 0.25) is 0 Å². The minimum Gasteiger partial charge on any atom is -0.444 e. The summed E-state index contributed by atoms with van der Waals surface area (Å²) in [5.74, 6) is -1.10. The van der Waals surface area contributed by atoms with Crippen molar-refractivity contribution in [1.82, 2.24) is 19.5 Å². The van der Waals surface area contributed by atoms with Crippen LogP contribution in [0.25, 0.3) is 5.65 Å². The van der Waals surface area contributed by atoms with Crippen molar-refractivity contribution in [3.8, 4) is 0 Å². The highest BCUT2D eigenvalue weighted by Gasteiger charge is 2.42. The summed E-state index contributed by atoms with van der Waals surface area (Å²) >= 11 is 0. The summed E-state index contributed by atoms with van der Waals surface area (Å²) in [5, 5.41) is 4.81. The maximum atomic E-state index is 13.1. The predicted molar refractivity (Wildman–Crippen MR) is 118 cm³/mol. The number of ether oxygens (including phenoxy) is 1. The standard InChI is InChI=1S/C24H33F3N4O2/c1-15-12-20(17-6-5-11-30(14-17)22(32)33-23(2,3)4)31-21(28-15)13-19(29-31)16-7-9-18(10-8-16)24(25,26)27/h12-13,16-18H,5-11,14H2,1-4H3. The zero-order valence-electron chi connectivity index (χ0n) is 19.8. The smallest absolute Gasteiger partial charge is 0.410 e. The number of likely N-dealkylation sites (tertiary alicyclic amines) is 1. The number of halogens is 3. The number of nitrogens with zero attached hydrogens (tertiary/aromatic N) is 4. The first-order chi connectivity index (χ1) is 15.4. The molecule has 3 heterocycles. The van der Waals surface area contributed by atoms with E-state index in [9.17, 15) is 18.0 Å². The Morgan fingerprint density at radius 2 is 1.76 bits per heavy atom. The maximum absolute atomic E-state index is 13.1. The SMILES string of the molecule is Cc1cc(C2CCCN(C(=O)OC(C)(C)C)C2)n2nc(C3CCC(C(F)(F)F)CC3)cc2n1. The second kappa shape index (κ2) is 8.80. The summed E-state index contributed by atoms with van der Waals surface area (Å²) in [4.78, 5) is 19.0. The number of carbonyl (C=O) groups excluding carboxylic acids is 1. The number of carbonyl (C=O) groups is 1. The van der Waals surface area contributed by atoms with Crippen LogP contribution in [0.4, 0.5) is 18.0 Å². The fourth-order valence-corrected chi connectivity index (χ4v) is 5.06. The summed E-state index contributed by atoms with van der Waals surface area (Å²) in [6, 6.07) is 3.93. The zero-order valence-corrected chi connectivity index (χ0v) is 19.8. The van der Waals surface area contributed by atoms with Crippen molar-refractivity contribution in [1.29, 1.82) is 0 Å². The predicted octanol–water partition coefficient (Wildman–Crippen LogP) is 5.99. The van der Waals surface area contributed by atoms with Gasteiger partial charge >= 0.3 is 12.3 Å². The first-order valence-electron chi connectivity index (χ1n) is 11.8. The van der Waals surface area contributed by atoms with Crippen molar-refractivity contribution in [3.63, 3.8) is 0 Å². The van der Waals surface area contributed by atoms with E-state index < -0.39 is 17.7 Å². The van der Waals surface area contributed by atoms with E-state index in [1.54, 1.807) is 4.90 Å². The van der Waals surface area contributed by atoms with E-state index in [0.717, 1.165) is 29.9 Å². The summed E-state index contributed by atoms with van der Waals surface area (Å²) < 4.78 is 46.6. The number of rotatable bonds is 2. The molecule has 1 saturated heterocycles. The van der Waals surface area contributed by atoms with Crippen LogP contribution in [0.1, 0.15) is 88.2 Å². The van der Waals surface area contributed by atoms with Gasteiger partial charge in [-0.1, -0.05) is 0 Å². The third-order valence-corrected chi connectivity index (χ3v) is 6.70. The van der Waals surface area contributed by atoms with E-state index in [0.29, 0.717) is 31.6 Å². The van der Waals surface area contributed by atoms with E-state index in [-0.39, 0.29) is 30.8 Å². The normalized spacial score (nSPS) is 24.8. The largest absolute Gasteiger partial charge is 0.444 e. The van der Waals surface area contributed by atoms with Crippen LogP contribution in [-0.4, -0.2) is 50.5 Å². The van der Waals surface area contributed by atoms with Gasteiger partial charge in [-0.05, 0) is 72.3 Å². The minimum absolute atomic E-state index is 0.0167. The molecule has 4 rings (SSSR count). The number of piperidine rings is 1. The van der Waals surface area contributed by atoms with Gasteiger partial charge in [-0.15, -0.1) is 0 Å². The monoisotopic (exact) mass is 466 g/mol. The van der Waals surface area contributed by atoms with Crippen molar-refractivity contribution >= 4 is 11.7 Å².